The van der Waals surface area contributed by atoms with Crippen LogP contribution >= 0.6 is 23.2 Å². The van der Waals surface area contributed by atoms with Crippen LogP contribution in [0.4, 0.5) is 11.5 Å². The number of nitrogens with one attached hydrogen (secondary N) is 1. The molecule has 1 heterocycles. The van der Waals surface area contributed by atoms with Crippen LogP contribution < -0.4 is 10.1 Å². The Hall–Kier alpha value is -1.59. The zero-order valence-electron chi connectivity index (χ0n) is 9.74. The minimum Gasteiger partial charge on any atom is -0.497 e. The van der Waals surface area contributed by atoms with Crippen LogP contribution in [0.15, 0.2) is 18.2 Å². The maximum atomic E-state index is 5.88. The molecular weight excluding hydrogens is 275 g/mol. The molecule has 5 nitrogen and oxygen atoms in total. The van der Waals surface area contributed by atoms with Crippen LogP contribution in [-0.4, -0.2) is 22.3 Å². The van der Waals surface area contributed by atoms with Crippen LogP contribution in [-0.2, 0) is 0 Å². The molecule has 0 amide bonds. The van der Waals surface area contributed by atoms with Crippen molar-refractivity contribution < 1.29 is 4.74 Å². The monoisotopic (exact) mass is 284 g/mol. The van der Waals surface area contributed by atoms with Crippen molar-refractivity contribution in [1.82, 2.24) is 15.2 Å². The fourth-order valence-electron chi connectivity index (χ4n) is 1.40. The quantitative estimate of drug-likeness (QED) is 0.938. The third-order valence-electron chi connectivity index (χ3n) is 2.31. The molecular formula is C11H10Cl2N4O. The molecule has 2 rings (SSSR count). The molecule has 0 bridgehead atoms. The summed E-state index contributed by atoms with van der Waals surface area (Å²) >= 11 is 11.5. The number of halogens is 2. The first-order chi connectivity index (χ1) is 8.60. The van der Waals surface area contributed by atoms with Crippen molar-refractivity contribution >= 4 is 34.7 Å². The number of hydrogen-bond donors (Lipinski definition) is 1. The Bertz CT molecular complexity index is 577. The van der Waals surface area contributed by atoms with Gasteiger partial charge in [-0.3, -0.25) is 0 Å². The van der Waals surface area contributed by atoms with Crippen molar-refractivity contribution in [2.24, 2.45) is 0 Å². The molecule has 0 unspecified atom stereocenters. The first-order valence-corrected chi connectivity index (χ1v) is 5.83. The Morgan fingerprint density at radius 2 is 2.00 bits per heavy atom. The van der Waals surface area contributed by atoms with Crippen molar-refractivity contribution in [2.45, 2.75) is 6.92 Å². The second kappa shape index (κ2) is 5.37. The highest BCUT2D eigenvalue weighted by molar-refractivity contribution is 6.32. The highest BCUT2D eigenvalue weighted by Gasteiger charge is 2.08. The lowest BCUT2D eigenvalue weighted by Crippen LogP contribution is -2.00. The third-order valence-corrected chi connectivity index (χ3v) is 2.72. The first kappa shape index (κ1) is 12.9. The van der Waals surface area contributed by atoms with Crippen molar-refractivity contribution in [3.8, 4) is 5.75 Å². The number of benzene rings is 1. The SMILES string of the molecule is COc1ccc(Nc2nc(Cl)nnc2Cl)c(C)c1. The molecule has 0 aliphatic heterocycles. The summed E-state index contributed by atoms with van der Waals surface area (Å²) in [6.45, 7) is 1.94. The largest absolute Gasteiger partial charge is 0.497 e. The Balaban J connectivity index is 2.31. The van der Waals surface area contributed by atoms with Gasteiger partial charge in [-0.05, 0) is 42.3 Å². The molecule has 1 N–H and O–H groups in total. The highest BCUT2D eigenvalue weighted by atomic mass is 35.5. The van der Waals surface area contributed by atoms with Gasteiger partial charge >= 0.3 is 0 Å². The lowest BCUT2D eigenvalue weighted by atomic mass is 10.2. The molecule has 0 radical (unpaired) electrons. The minimum absolute atomic E-state index is 0.0352. The molecule has 0 atom stereocenters. The van der Waals surface area contributed by atoms with E-state index in [0.717, 1.165) is 17.0 Å². The molecule has 7 heteroatoms. The summed E-state index contributed by atoms with van der Waals surface area (Å²) < 4.78 is 5.13. The van der Waals surface area contributed by atoms with E-state index >= 15 is 0 Å². The maximum absolute atomic E-state index is 5.88. The van der Waals surface area contributed by atoms with Crippen molar-refractivity contribution in [1.29, 1.82) is 0 Å². The van der Waals surface area contributed by atoms with Crippen LogP contribution in [0.25, 0.3) is 0 Å². The number of hydrogen-bond acceptors (Lipinski definition) is 5. The highest BCUT2D eigenvalue weighted by Crippen LogP contribution is 2.26. The van der Waals surface area contributed by atoms with Crippen LogP contribution in [0.5, 0.6) is 5.75 Å². The molecule has 0 saturated heterocycles. The standard InChI is InChI=1S/C11H10Cl2N4O/c1-6-5-7(18-2)3-4-8(6)14-10-9(12)16-17-11(13)15-10/h3-5H,1-2H3,(H,14,15,17). The topological polar surface area (TPSA) is 59.9 Å². The van der Waals surface area contributed by atoms with Gasteiger partial charge in [0.05, 0.1) is 7.11 Å². The number of methoxy groups -OCH3 is 1. The second-order valence-corrected chi connectivity index (χ2v) is 4.22. The van der Waals surface area contributed by atoms with Crippen molar-refractivity contribution in [3.63, 3.8) is 0 Å². The van der Waals surface area contributed by atoms with Gasteiger partial charge < -0.3 is 10.1 Å². The molecule has 0 spiro atoms. The molecule has 0 fully saturated rings. The van der Waals surface area contributed by atoms with E-state index in [2.05, 4.69) is 20.5 Å². The number of aryl methyl sites for hydroxylation is 1. The lowest BCUT2D eigenvalue weighted by molar-refractivity contribution is 0.414. The van der Waals surface area contributed by atoms with Crippen LogP contribution in [0.2, 0.25) is 10.4 Å². The molecule has 0 saturated carbocycles. The Labute approximate surface area is 114 Å². The number of ether oxygens (including phenoxy) is 1. The molecule has 0 aliphatic carbocycles. The van der Waals surface area contributed by atoms with E-state index in [0.29, 0.717) is 5.82 Å². The summed E-state index contributed by atoms with van der Waals surface area (Å²) in [7, 11) is 1.62. The lowest BCUT2D eigenvalue weighted by Gasteiger charge is -2.10. The average molecular weight is 285 g/mol. The summed E-state index contributed by atoms with van der Waals surface area (Å²) in [5, 5.41) is 10.5. The number of anilines is 2. The Kier molecular flexibility index (Phi) is 3.84. The van der Waals surface area contributed by atoms with Gasteiger partial charge in [0.2, 0.25) is 5.28 Å². The minimum atomic E-state index is 0.0352. The molecule has 0 aliphatic rings. The third kappa shape index (κ3) is 2.80. The molecule has 1 aromatic heterocycles. The fourth-order valence-corrected chi connectivity index (χ4v) is 1.65. The van der Waals surface area contributed by atoms with Crippen LogP contribution in [0, 0.1) is 6.92 Å². The van der Waals surface area contributed by atoms with E-state index in [4.69, 9.17) is 27.9 Å². The predicted octanol–water partition coefficient (Wildman–Crippen LogP) is 3.24. The van der Waals surface area contributed by atoms with E-state index in [9.17, 15) is 0 Å². The van der Waals surface area contributed by atoms with Crippen LogP contribution in [0.1, 0.15) is 5.56 Å². The Morgan fingerprint density at radius 3 is 2.67 bits per heavy atom. The number of nitrogens with zero attached hydrogens (tertiary/aromatic N) is 3. The van der Waals surface area contributed by atoms with E-state index in [1.165, 1.54) is 0 Å². The van der Waals surface area contributed by atoms with Gasteiger partial charge in [-0.2, -0.15) is 4.98 Å². The summed E-state index contributed by atoms with van der Waals surface area (Å²) in [4.78, 5) is 3.97. The molecule has 94 valence electrons. The summed E-state index contributed by atoms with van der Waals surface area (Å²) in [5.41, 5.74) is 1.83. The molecule has 18 heavy (non-hydrogen) atoms. The van der Waals surface area contributed by atoms with Gasteiger partial charge in [-0.1, -0.05) is 11.6 Å². The van der Waals surface area contributed by atoms with Crippen molar-refractivity contribution in [3.05, 3.63) is 34.2 Å². The fraction of sp³-hybridized carbons (Fsp3) is 0.182. The first-order valence-electron chi connectivity index (χ1n) is 5.07. The van der Waals surface area contributed by atoms with E-state index in [1.54, 1.807) is 7.11 Å². The van der Waals surface area contributed by atoms with Gasteiger partial charge in [-0.15, -0.1) is 10.2 Å². The zero-order chi connectivity index (χ0) is 13.1. The second-order valence-electron chi connectivity index (χ2n) is 3.53. The number of rotatable bonds is 3. The summed E-state index contributed by atoms with van der Waals surface area (Å²) in [6, 6.07) is 5.59. The van der Waals surface area contributed by atoms with Gasteiger partial charge in [0.25, 0.3) is 0 Å². The van der Waals surface area contributed by atoms with Crippen molar-refractivity contribution in [2.75, 3.05) is 12.4 Å². The van der Waals surface area contributed by atoms with Gasteiger partial charge in [0.15, 0.2) is 11.0 Å². The van der Waals surface area contributed by atoms with Gasteiger partial charge in [0.1, 0.15) is 5.75 Å². The van der Waals surface area contributed by atoms with Crippen LogP contribution in [0.3, 0.4) is 0 Å². The average Bonchev–Trinajstić information content (AvgIpc) is 2.36. The smallest absolute Gasteiger partial charge is 0.245 e. The van der Waals surface area contributed by atoms with Gasteiger partial charge in [-0.25, -0.2) is 0 Å². The normalized spacial score (nSPS) is 10.2. The summed E-state index contributed by atoms with van der Waals surface area (Å²) in [6.07, 6.45) is 0. The molecule has 1 aromatic carbocycles. The summed E-state index contributed by atoms with van der Waals surface area (Å²) in [5.74, 6) is 1.15. The predicted molar refractivity (Wildman–Crippen MR) is 70.9 cm³/mol. The van der Waals surface area contributed by atoms with E-state index in [-0.39, 0.29) is 10.4 Å². The Morgan fingerprint density at radius 1 is 1.22 bits per heavy atom. The van der Waals surface area contributed by atoms with E-state index in [1.807, 2.05) is 25.1 Å². The van der Waals surface area contributed by atoms with E-state index < -0.39 is 0 Å². The zero-order valence-corrected chi connectivity index (χ0v) is 11.2. The number of aromatic nitrogens is 3. The maximum Gasteiger partial charge on any atom is 0.245 e. The molecule has 2 aromatic rings. The van der Waals surface area contributed by atoms with Gasteiger partial charge in [0, 0.05) is 5.69 Å².